The van der Waals surface area contributed by atoms with Gasteiger partial charge in [0.25, 0.3) is 5.97 Å². The van der Waals surface area contributed by atoms with E-state index in [2.05, 4.69) is 6.82 Å². The summed E-state index contributed by atoms with van der Waals surface area (Å²) in [6, 6.07) is 0. The van der Waals surface area contributed by atoms with Crippen LogP contribution < -0.4 is 18.9 Å². The van der Waals surface area contributed by atoms with Gasteiger partial charge in [0.15, 0.2) is 0 Å². The van der Waals surface area contributed by atoms with E-state index >= 15 is 0 Å². The van der Waals surface area contributed by atoms with Gasteiger partial charge in [-0.05, 0) is 0 Å². The average Bonchev–Trinajstić information content (AvgIpc) is 1.93. The largest absolute Gasteiger partial charge is 1.00 e. The molecule has 3 rings (SSSR count). The second kappa shape index (κ2) is 2.79. The fraction of sp³-hybridized carbons (Fsp3) is 1.00. The van der Waals surface area contributed by atoms with Crippen LogP contribution in [-0.2, 0) is 14.2 Å². The van der Waals surface area contributed by atoms with Crippen LogP contribution in [0.1, 0.15) is 6.92 Å². The van der Waals surface area contributed by atoms with Gasteiger partial charge in [-0.15, -0.1) is 0 Å². The molecule has 0 aromatic rings. The minimum atomic E-state index is -0.723. The van der Waals surface area contributed by atoms with Gasteiger partial charge in [0.1, 0.15) is 0 Å². The fourth-order valence-electron chi connectivity index (χ4n) is 1.33. The zero-order valence-electron chi connectivity index (χ0n) is 7.42. The fourth-order valence-corrected chi connectivity index (χ4v) is 1.33. The standard InChI is InChI=1S/C6H12BO3.Li/c1-6-8-3-7(2,4-9-6)5-10-6;/h3-5H2,1-2H3;/q-1;+1. The Morgan fingerprint density at radius 1 is 1.09 bits per heavy atom. The zero-order chi connectivity index (χ0) is 7.24. The van der Waals surface area contributed by atoms with E-state index in [1.54, 1.807) is 0 Å². The van der Waals surface area contributed by atoms with Crippen molar-refractivity contribution in [2.24, 2.45) is 0 Å². The van der Waals surface area contributed by atoms with E-state index in [0.717, 1.165) is 19.5 Å². The zero-order valence-corrected chi connectivity index (χ0v) is 7.42. The summed E-state index contributed by atoms with van der Waals surface area (Å²) in [5.74, 6) is -0.723. The number of hydrogen-bond acceptors (Lipinski definition) is 3. The van der Waals surface area contributed by atoms with Crippen molar-refractivity contribution >= 4 is 6.15 Å². The van der Waals surface area contributed by atoms with E-state index in [0.29, 0.717) is 0 Å². The quantitative estimate of drug-likeness (QED) is 0.355. The molecule has 3 saturated heterocycles. The molecule has 3 fully saturated rings. The maximum Gasteiger partial charge on any atom is 1.00 e. The summed E-state index contributed by atoms with van der Waals surface area (Å²) in [7, 11) is 0. The molecule has 0 saturated carbocycles. The van der Waals surface area contributed by atoms with E-state index in [1.807, 2.05) is 6.92 Å². The molecule has 0 spiro atoms. The van der Waals surface area contributed by atoms with Crippen LogP contribution in [0.2, 0.25) is 6.82 Å². The molecular weight excluding hydrogens is 138 g/mol. The molecule has 11 heavy (non-hydrogen) atoms. The van der Waals surface area contributed by atoms with Gasteiger partial charge >= 0.3 is 18.9 Å². The SMILES string of the molecule is C[B-]12COC(C)(OC1)OC2.[Li+]. The Labute approximate surface area is 78.8 Å². The molecule has 0 atom stereocenters. The number of ether oxygens (including phenoxy) is 3. The molecule has 3 heterocycles. The molecule has 3 aliphatic heterocycles. The molecule has 0 radical (unpaired) electrons. The molecule has 3 nitrogen and oxygen atoms in total. The first kappa shape index (κ1) is 9.63. The summed E-state index contributed by atoms with van der Waals surface area (Å²) in [5, 5.41) is 0. The van der Waals surface area contributed by atoms with Crippen molar-refractivity contribution in [1.82, 2.24) is 0 Å². The molecule has 0 aromatic carbocycles. The molecular formula is C6H12BLiO3. The third-order valence-electron chi connectivity index (χ3n) is 2.24. The van der Waals surface area contributed by atoms with E-state index < -0.39 is 12.1 Å². The van der Waals surface area contributed by atoms with Crippen LogP contribution in [0.25, 0.3) is 0 Å². The predicted octanol–water partition coefficient (Wildman–Crippen LogP) is -2.56. The molecule has 0 unspecified atom stereocenters. The Kier molecular flexibility index (Phi) is 2.44. The normalized spacial score (nSPS) is 48.5. The van der Waals surface area contributed by atoms with Crippen molar-refractivity contribution in [2.75, 3.05) is 19.5 Å². The van der Waals surface area contributed by atoms with Crippen LogP contribution in [-0.4, -0.2) is 31.6 Å². The summed E-state index contributed by atoms with van der Waals surface area (Å²) in [5.41, 5.74) is 0. The Balaban J connectivity index is 0.000000605. The van der Waals surface area contributed by atoms with Crippen molar-refractivity contribution in [3.8, 4) is 0 Å². The molecule has 2 bridgehead atoms. The number of hydrogen-bond donors (Lipinski definition) is 0. The Morgan fingerprint density at radius 3 is 1.73 bits per heavy atom. The second-order valence-electron chi connectivity index (χ2n) is 3.89. The summed E-state index contributed by atoms with van der Waals surface area (Å²) in [6.45, 7) is 6.43. The van der Waals surface area contributed by atoms with Gasteiger partial charge in [-0.25, -0.2) is 0 Å². The minimum absolute atomic E-state index is 0. The second-order valence-corrected chi connectivity index (χ2v) is 3.89. The monoisotopic (exact) mass is 150 g/mol. The van der Waals surface area contributed by atoms with Gasteiger partial charge in [0.05, 0.1) is 6.15 Å². The molecule has 0 aromatic heterocycles. The third-order valence-corrected chi connectivity index (χ3v) is 2.24. The van der Waals surface area contributed by atoms with Gasteiger partial charge in [0.2, 0.25) is 0 Å². The van der Waals surface area contributed by atoms with Crippen LogP contribution in [0.3, 0.4) is 0 Å². The van der Waals surface area contributed by atoms with E-state index in [-0.39, 0.29) is 18.9 Å². The van der Waals surface area contributed by atoms with Crippen LogP contribution in [0.5, 0.6) is 0 Å². The van der Waals surface area contributed by atoms with Gasteiger partial charge in [-0.3, -0.25) is 0 Å². The first-order valence-electron chi connectivity index (χ1n) is 3.78. The molecule has 5 heteroatoms. The third kappa shape index (κ3) is 1.66. The van der Waals surface area contributed by atoms with E-state index in [4.69, 9.17) is 14.2 Å². The minimum Gasteiger partial charge on any atom is -0.367 e. The summed E-state index contributed by atoms with van der Waals surface area (Å²) < 4.78 is 16.1. The Hall–Kier alpha value is 0.542. The van der Waals surface area contributed by atoms with Gasteiger partial charge in [-0.1, -0.05) is 19.5 Å². The maximum atomic E-state index is 5.35. The van der Waals surface area contributed by atoms with Gasteiger partial charge in [-0.2, -0.15) is 6.82 Å². The maximum absolute atomic E-state index is 5.35. The first-order chi connectivity index (χ1) is 4.62. The summed E-state index contributed by atoms with van der Waals surface area (Å²) in [6.07, 6.45) is -0.514. The van der Waals surface area contributed by atoms with Crippen molar-refractivity contribution in [1.29, 1.82) is 0 Å². The van der Waals surface area contributed by atoms with Crippen molar-refractivity contribution in [2.45, 2.75) is 19.7 Å². The number of rotatable bonds is 0. The van der Waals surface area contributed by atoms with Crippen LogP contribution >= 0.6 is 0 Å². The predicted molar refractivity (Wildman–Crippen MR) is 37.9 cm³/mol. The van der Waals surface area contributed by atoms with Crippen LogP contribution in [0, 0.1) is 0 Å². The smallest absolute Gasteiger partial charge is 0.367 e. The van der Waals surface area contributed by atoms with Crippen molar-refractivity contribution < 1.29 is 33.1 Å². The Bertz CT molecular complexity index is 121. The summed E-state index contributed by atoms with van der Waals surface area (Å²) >= 11 is 0. The van der Waals surface area contributed by atoms with E-state index in [9.17, 15) is 0 Å². The van der Waals surface area contributed by atoms with Crippen LogP contribution in [0.15, 0.2) is 0 Å². The molecule has 0 aliphatic carbocycles. The molecule has 0 N–H and O–H groups in total. The van der Waals surface area contributed by atoms with Gasteiger partial charge in [0, 0.05) is 6.92 Å². The molecule has 58 valence electrons. The molecule has 3 aliphatic rings. The van der Waals surface area contributed by atoms with Crippen molar-refractivity contribution in [3.05, 3.63) is 0 Å². The van der Waals surface area contributed by atoms with Crippen LogP contribution in [0.4, 0.5) is 0 Å². The topological polar surface area (TPSA) is 27.7 Å². The molecule has 0 amide bonds. The number of fused-ring (bicyclic) bond motifs is 3. The van der Waals surface area contributed by atoms with Gasteiger partial charge < -0.3 is 14.2 Å². The Morgan fingerprint density at radius 2 is 1.45 bits per heavy atom. The van der Waals surface area contributed by atoms with Crippen molar-refractivity contribution in [3.63, 3.8) is 0 Å². The summed E-state index contributed by atoms with van der Waals surface area (Å²) in [4.78, 5) is 0. The van der Waals surface area contributed by atoms with E-state index in [1.165, 1.54) is 0 Å². The first-order valence-corrected chi connectivity index (χ1v) is 3.78. The average molecular weight is 150 g/mol.